The van der Waals surface area contributed by atoms with Crippen LogP contribution in [0.3, 0.4) is 0 Å². The molecule has 0 bridgehead atoms. The molecule has 0 aliphatic carbocycles. The van der Waals surface area contributed by atoms with Crippen LogP contribution in [0.2, 0.25) is 0 Å². The first-order valence-corrected chi connectivity index (χ1v) is 4.95. The van der Waals surface area contributed by atoms with Gasteiger partial charge in [0.1, 0.15) is 5.75 Å². The number of rotatable bonds is 2. The van der Waals surface area contributed by atoms with Gasteiger partial charge in [0.2, 0.25) is 0 Å². The smallest absolute Gasteiger partial charge is 0.130 e. The molecule has 3 heteroatoms. The second kappa shape index (κ2) is 4.11. The van der Waals surface area contributed by atoms with Crippen LogP contribution in [0.1, 0.15) is 24.0 Å². The van der Waals surface area contributed by atoms with Crippen LogP contribution in [0, 0.1) is 6.92 Å². The Hall–Kier alpha value is -0.540. The highest BCUT2D eigenvalue weighted by atomic mass is 79.9. The minimum atomic E-state index is 0.108. The Morgan fingerprint density at radius 1 is 1.46 bits per heavy atom. The first-order valence-electron chi connectivity index (χ1n) is 4.16. The SMILES string of the molecule is Cc1cc(O)c(Br)cc1C(C)CO. The molecule has 0 spiro atoms. The van der Waals surface area contributed by atoms with Crippen LogP contribution in [-0.4, -0.2) is 16.8 Å². The molecule has 0 saturated carbocycles. The van der Waals surface area contributed by atoms with E-state index >= 15 is 0 Å². The topological polar surface area (TPSA) is 40.5 Å². The van der Waals surface area contributed by atoms with Crippen molar-refractivity contribution in [2.24, 2.45) is 0 Å². The predicted octanol–water partition coefficient (Wildman–Crippen LogP) is 2.56. The highest BCUT2D eigenvalue weighted by Crippen LogP contribution is 2.30. The lowest BCUT2D eigenvalue weighted by molar-refractivity contribution is 0.272. The van der Waals surface area contributed by atoms with Gasteiger partial charge in [-0.1, -0.05) is 6.92 Å². The number of phenolic OH excluding ortho intramolecular Hbond substituents is 1. The number of aryl methyl sites for hydroxylation is 1. The molecule has 1 rings (SSSR count). The number of aromatic hydroxyl groups is 1. The summed E-state index contributed by atoms with van der Waals surface area (Å²) in [6.07, 6.45) is 0. The molecule has 0 fully saturated rings. The molecule has 2 nitrogen and oxygen atoms in total. The maximum absolute atomic E-state index is 9.37. The zero-order valence-electron chi connectivity index (χ0n) is 7.71. The van der Waals surface area contributed by atoms with E-state index in [1.165, 1.54) is 0 Å². The van der Waals surface area contributed by atoms with Gasteiger partial charge in [0, 0.05) is 12.5 Å². The second-order valence-corrected chi connectivity index (χ2v) is 4.10. The lowest BCUT2D eigenvalue weighted by Gasteiger charge is -2.12. The van der Waals surface area contributed by atoms with Crippen molar-refractivity contribution in [1.82, 2.24) is 0 Å². The zero-order chi connectivity index (χ0) is 10.0. The third-order valence-electron chi connectivity index (χ3n) is 2.14. The number of aliphatic hydroxyl groups excluding tert-OH is 1. The number of hydrogen-bond acceptors (Lipinski definition) is 2. The first kappa shape index (κ1) is 10.5. The largest absolute Gasteiger partial charge is 0.507 e. The summed E-state index contributed by atoms with van der Waals surface area (Å²) in [7, 11) is 0. The van der Waals surface area contributed by atoms with Gasteiger partial charge in [-0.2, -0.15) is 0 Å². The van der Waals surface area contributed by atoms with Gasteiger partial charge in [0.15, 0.2) is 0 Å². The van der Waals surface area contributed by atoms with E-state index < -0.39 is 0 Å². The van der Waals surface area contributed by atoms with E-state index in [-0.39, 0.29) is 18.3 Å². The van der Waals surface area contributed by atoms with Crippen molar-refractivity contribution in [2.45, 2.75) is 19.8 Å². The van der Waals surface area contributed by atoms with Gasteiger partial charge < -0.3 is 10.2 Å². The Kier molecular flexibility index (Phi) is 3.33. The van der Waals surface area contributed by atoms with Crippen molar-refractivity contribution >= 4 is 15.9 Å². The van der Waals surface area contributed by atoms with Gasteiger partial charge in [-0.15, -0.1) is 0 Å². The van der Waals surface area contributed by atoms with Crippen LogP contribution in [0.4, 0.5) is 0 Å². The molecule has 0 aromatic heterocycles. The zero-order valence-corrected chi connectivity index (χ0v) is 9.30. The van der Waals surface area contributed by atoms with Crippen LogP contribution >= 0.6 is 15.9 Å². The van der Waals surface area contributed by atoms with E-state index in [0.29, 0.717) is 4.47 Å². The number of phenols is 1. The summed E-state index contributed by atoms with van der Waals surface area (Å²) in [6, 6.07) is 3.55. The Morgan fingerprint density at radius 3 is 2.62 bits per heavy atom. The number of hydrogen-bond donors (Lipinski definition) is 2. The molecule has 1 atom stereocenters. The van der Waals surface area contributed by atoms with Crippen molar-refractivity contribution in [3.63, 3.8) is 0 Å². The summed E-state index contributed by atoms with van der Waals surface area (Å²) in [6.45, 7) is 4.00. The minimum absolute atomic E-state index is 0.108. The van der Waals surface area contributed by atoms with E-state index in [9.17, 15) is 5.11 Å². The summed E-state index contributed by atoms with van der Waals surface area (Å²) < 4.78 is 0.674. The summed E-state index contributed by atoms with van der Waals surface area (Å²) in [5, 5.41) is 18.4. The molecule has 0 heterocycles. The van der Waals surface area contributed by atoms with E-state index in [4.69, 9.17) is 5.11 Å². The second-order valence-electron chi connectivity index (χ2n) is 3.24. The van der Waals surface area contributed by atoms with E-state index in [2.05, 4.69) is 15.9 Å². The maximum Gasteiger partial charge on any atom is 0.130 e. The van der Waals surface area contributed by atoms with Gasteiger partial charge in [0.25, 0.3) is 0 Å². The average molecular weight is 245 g/mol. The third kappa shape index (κ3) is 2.23. The van der Waals surface area contributed by atoms with Crippen molar-refractivity contribution in [3.05, 3.63) is 27.7 Å². The molecule has 1 unspecified atom stereocenters. The molecule has 0 amide bonds. The predicted molar refractivity (Wildman–Crippen MR) is 56.0 cm³/mol. The summed E-state index contributed by atoms with van der Waals surface area (Å²) in [5.74, 6) is 0.350. The fraction of sp³-hybridized carbons (Fsp3) is 0.400. The quantitative estimate of drug-likeness (QED) is 0.840. The Balaban J connectivity index is 3.15. The monoisotopic (exact) mass is 244 g/mol. The molecule has 0 aliphatic heterocycles. The Morgan fingerprint density at radius 2 is 2.08 bits per heavy atom. The normalized spacial score (nSPS) is 12.9. The van der Waals surface area contributed by atoms with Crippen LogP contribution in [0.5, 0.6) is 5.75 Å². The number of halogens is 1. The number of benzene rings is 1. The molecule has 0 saturated heterocycles. The van der Waals surface area contributed by atoms with Crippen LogP contribution < -0.4 is 0 Å². The fourth-order valence-electron chi connectivity index (χ4n) is 1.31. The van der Waals surface area contributed by atoms with E-state index in [1.807, 2.05) is 19.9 Å². The first-order chi connectivity index (χ1) is 6.06. The molecule has 0 radical (unpaired) electrons. The van der Waals surface area contributed by atoms with Gasteiger partial charge in [-0.3, -0.25) is 0 Å². The average Bonchev–Trinajstić information content (AvgIpc) is 2.10. The Bertz CT molecular complexity index is 310. The Labute approximate surface area is 86.3 Å². The molecule has 1 aromatic rings. The molecular formula is C10H13BrO2. The summed E-state index contributed by atoms with van der Waals surface area (Å²) >= 11 is 3.25. The fourth-order valence-corrected chi connectivity index (χ4v) is 1.67. The lowest BCUT2D eigenvalue weighted by Crippen LogP contribution is -2.01. The van der Waals surface area contributed by atoms with Gasteiger partial charge >= 0.3 is 0 Å². The summed E-state index contributed by atoms with van der Waals surface area (Å²) in [5.41, 5.74) is 2.06. The molecule has 0 aliphatic rings. The maximum atomic E-state index is 9.37. The van der Waals surface area contributed by atoms with Crippen LogP contribution in [0.15, 0.2) is 16.6 Å². The van der Waals surface area contributed by atoms with Crippen LogP contribution in [-0.2, 0) is 0 Å². The van der Waals surface area contributed by atoms with Crippen LogP contribution in [0.25, 0.3) is 0 Å². The highest BCUT2D eigenvalue weighted by molar-refractivity contribution is 9.10. The molecule has 13 heavy (non-hydrogen) atoms. The number of aliphatic hydroxyl groups is 1. The lowest BCUT2D eigenvalue weighted by atomic mass is 9.97. The van der Waals surface area contributed by atoms with Gasteiger partial charge in [-0.05, 0) is 46.1 Å². The van der Waals surface area contributed by atoms with Crippen molar-refractivity contribution in [2.75, 3.05) is 6.61 Å². The standard InChI is InChI=1S/C10H13BrO2/c1-6-3-10(13)9(11)4-8(6)7(2)5-12/h3-4,7,12-13H,5H2,1-2H3. The minimum Gasteiger partial charge on any atom is -0.507 e. The molecular weight excluding hydrogens is 232 g/mol. The molecule has 2 N–H and O–H groups in total. The molecule has 1 aromatic carbocycles. The van der Waals surface area contributed by atoms with Gasteiger partial charge in [-0.25, -0.2) is 0 Å². The summed E-state index contributed by atoms with van der Waals surface area (Å²) in [4.78, 5) is 0. The van der Waals surface area contributed by atoms with E-state index in [1.54, 1.807) is 6.07 Å². The van der Waals surface area contributed by atoms with Crippen molar-refractivity contribution in [3.8, 4) is 5.75 Å². The van der Waals surface area contributed by atoms with Crippen molar-refractivity contribution in [1.29, 1.82) is 0 Å². The highest BCUT2D eigenvalue weighted by Gasteiger charge is 2.10. The third-order valence-corrected chi connectivity index (χ3v) is 2.78. The molecule has 72 valence electrons. The van der Waals surface area contributed by atoms with Gasteiger partial charge in [0.05, 0.1) is 4.47 Å². The van der Waals surface area contributed by atoms with Crippen molar-refractivity contribution < 1.29 is 10.2 Å². The van der Waals surface area contributed by atoms with E-state index in [0.717, 1.165) is 11.1 Å².